The van der Waals surface area contributed by atoms with Crippen LogP contribution in [0.1, 0.15) is 23.9 Å². The summed E-state index contributed by atoms with van der Waals surface area (Å²) in [5, 5.41) is 10.3. The van der Waals surface area contributed by atoms with Crippen molar-refractivity contribution in [1.29, 1.82) is 5.26 Å². The number of hydrogen-bond donors (Lipinski definition) is 0. The minimum Gasteiger partial charge on any atom is -0.493 e. The van der Waals surface area contributed by atoms with Gasteiger partial charge >= 0.3 is 0 Å². The lowest BCUT2D eigenvalue weighted by Gasteiger charge is -2.10. The summed E-state index contributed by atoms with van der Waals surface area (Å²) in [5.74, 6) is 1.36. The van der Waals surface area contributed by atoms with Gasteiger partial charge in [-0.2, -0.15) is 5.26 Å². The lowest BCUT2D eigenvalue weighted by molar-refractivity contribution is 0.294. The minimum atomic E-state index is 0.533. The highest BCUT2D eigenvalue weighted by atomic mass is 32.1. The maximum Gasteiger partial charge on any atom is 0.161 e. The molecule has 0 bridgehead atoms. The number of methoxy groups -OCH3 is 1. The number of benzene rings is 2. The molecule has 126 valence electrons. The van der Waals surface area contributed by atoms with Crippen LogP contribution in [-0.4, -0.2) is 18.7 Å². The fourth-order valence-corrected chi connectivity index (χ4v) is 3.33. The molecule has 3 aromatic rings. The third-order valence-corrected chi connectivity index (χ3v) is 4.67. The number of nitrogens with zero attached hydrogens (tertiary/aromatic N) is 2. The molecule has 0 N–H and O–H groups in total. The van der Waals surface area contributed by atoms with Crippen molar-refractivity contribution in [3.8, 4) is 17.6 Å². The zero-order chi connectivity index (χ0) is 17.6. The molecule has 0 atom stereocenters. The third-order valence-electron chi connectivity index (χ3n) is 3.61. The van der Waals surface area contributed by atoms with Crippen LogP contribution in [-0.2, 0) is 0 Å². The van der Waals surface area contributed by atoms with Gasteiger partial charge in [-0.05, 0) is 42.3 Å². The lowest BCUT2D eigenvalue weighted by atomic mass is 10.1. The summed E-state index contributed by atoms with van der Waals surface area (Å²) in [4.78, 5) is 4.55. The van der Waals surface area contributed by atoms with Crippen LogP contribution in [0.2, 0.25) is 0 Å². The molecule has 0 saturated carbocycles. The molecule has 25 heavy (non-hydrogen) atoms. The zero-order valence-corrected chi connectivity index (χ0v) is 15.0. The van der Waals surface area contributed by atoms with E-state index >= 15 is 0 Å². The Morgan fingerprint density at radius 1 is 1.24 bits per heavy atom. The second-order valence-corrected chi connectivity index (χ2v) is 6.45. The Morgan fingerprint density at radius 2 is 2.08 bits per heavy atom. The summed E-state index contributed by atoms with van der Waals surface area (Å²) in [6, 6.07) is 15.8. The average molecular weight is 350 g/mol. The molecule has 1 heterocycles. The molecular formula is C20H18N2O2S. The molecule has 4 nitrogen and oxygen atoms in total. The molecule has 0 spiro atoms. The number of nitriles is 1. The average Bonchev–Trinajstić information content (AvgIpc) is 3.08. The molecule has 5 heteroatoms. The van der Waals surface area contributed by atoms with Crippen molar-refractivity contribution in [3.05, 3.63) is 53.0 Å². The Balaban J connectivity index is 1.95. The number of rotatable bonds is 6. The van der Waals surface area contributed by atoms with Gasteiger partial charge in [0.15, 0.2) is 11.5 Å². The first-order valence-electron chi connectivity index (χ1n) is 8.03. The van der Waals surface area contributed by atoms with Crippen molar-refractivity contribution >= 4 is 33.2 Å². The van der Waals surface area contributed by atoms with Gasteiger partial charge in [-0.1, -0.05) is 25.1 Å². The van der Waals surface area contributed by atoms with Crippen LogP contribution in [0.25, 0.3) is 21.9 Å². The number of fused-ring (bicyclic) bond motifs is 1. The van der Waals surface area contributed by atoms with E-state index in [9.17, 15) is 5.26 Å². The summed E-state index contributed by atoms with van der Waals surface area (Å²) in [6.07, 6.45) is 2.75. The summed E-state index contributed by atoms with van der Waals surface area (Å²) >= 11 is 1.52. The second-order valence-electron chi connectivity index (χ2n) is 5.42. The topological polar surface area (TPSA) is 55.1 Å². The van der Waals surface area contributed by atoms with Gasteiger partial charge in [-0.15, -0.1) is 11.3 Å². The third kappa shape index (κ3) is 3.81. The smallest absolute Gasteiger partial charge is 0.161 e. The molecule has 0 fully saturated rings. The van der Waals surface area contributed by atoms with Crippen molar-refractivity contribution < 1.29 is 9.47 Å². The quantitative estimate of drug-likeness (QED) is 0.576. The first kappa shape index (κ1) is 17.0. The van der Waals surface area contributed by atoms with Crippen molar-refractivity contribution in [1.82, 2.24) is 4.98 Å². The Bertz CT molecular complexity index is 921. The molecule has 3 rings (SSSR count). The van der Waals surface area contributed by atoms with Crippen molar-refractivity contribution in [2.24, 2.45) is 0 Å². The molecule has 0 amide bonds. The van der Waals surface area contributed by atoms with Crippen LogP contribution >= 0.6 is 11.3 Å². The summed E-state index contributed by atoms with van der Waals surface area (Å²) in [7, 11) is 1.61. The Labute approximate surface area is 151 Å². The number of thiazole rings is 1. The van der Waals surface area contributed by atoms with E-state index in [1.165, 1.54) is 11.3 Å². The van der Waals surface area contributed by atoms with E-state index < -0.39 is 0 Å². The standard InChI is InChI=1S/C20H18N2O2S/c1-3-10-24-17-9-8-14(12-18(17)23-2)11-15(13-21)20-22-16-6-4-5-7-19(16)25-20/h4-9,11-12H,3,10H2,1-2H3/b15-11+. The normalized spacial score (nSPS) is 11.3. The van der Waals surface area contributed by atoms with Crippen LogP contribution in [0.5, 0.6) is 11.5 Å². The second kappa shape index (κ2) is 7.82. The number of ether oxygens (including phenoxy) is 2. The highest BCUT2D eigenvalue weighted by Crippen LogP contribution is 2.31. The summed E-state index contributed by atoms with van der Waals surface area (Å²) in [5.41, 5.74) is 2.31. The summed E-state index contributed by atoms with van der Waals surface area (Å²) < 4.78 is 12.1. The van der Waals surface area contributed by atoms with Crippen molar-refractivity contribution in [2.45, 2.75) is 13.3 Å². The predicted molar refractivity (Wildman–Crippen MR) is 102 cm³/mol. The van der Waals surface area contributed by atoms with Gasteiger partial charge < -0.3 is 9.47 Å². The van der Waals surface area contributed by atoms with Gasteiger partial charge in [0.25, 0.3) is 0 Å². The molecule has 2 aromatic carbocycles. The molecule has 0 saturated heterocycles. The lowest BCUT2D eigenvalue weighted by Crippen LogP contribution is -1.97. The highest BCUT2D eigenvalue weighted by molar-refractivity contribution is 7.19. The Morgan fingerprint density at radius 3 is 2.80 bits per heavy atom. The van der Waals surface area contributed by atoms with Gasteiger partial charge in [0.2, 0.25) is 0 Å². The molecule has 0 aliphatic carbocycles. The van der Waals surface area contributed by atoms with E-state index in [0.29, 0.717) is 28.7 Å². The molecule has 0 radical (unpaired) electrons. The maximum atomic E-state index is 9.56. The Hall–Kier alpha value is -2.84. The van der Waals surface area contributed by atoms with E-state index in [0.717, 1.165) is 22.2 Å². The number of hydrogen-bond acceptors (Lipinski definition) is 5. The number of aromatic nitrogens is 1. The van der Waals surface area contributed by atoms with Crippen LogP contribution in [0, 0.1) is 11.3 Å². The summed E-state index contributed by atoms with van der Waals surface area (Å²) in [6.45, 7) is 2.70. The highest BCUT2D eigenvalue weighted by Gasteiger charge is 2.10. The first-order chi connectivity index (χ1) is 12.2. The molecule has 0 aliphatic heterocycles. The largest absolute Gasteiger partial charge is 0.493 e. The fraction of sp³-hybridized carbons (Fsp3) is 0.200. The van der Waals surface area contributed by atoms with Crippen molar-refractivity contribution in [3.63, 3.8) is 0 Å². The first-order valence-corrected chi connectivity index (χ1v) is 8.85. The van der Waals surface area contributed by atoms with Gasteiger partial charge in [-0.25, -0.2) is 4.98 Å². The molecule has 0 aliphatic rings. The van der Waals surface area contributed by atoms with Crippen LogP contribution in [0.4, 0.5) is 0 Å². The van der Waals surface area contributed by atoms with Gasteiger partial charge in [0.1, 0.15) is 11.1 Å². The zero-order valence-electron chi connectivity index (χ0n) is 14.2. The maximum absolute atomic E-state index is 9.56. The van der Waals surface area contributed by atoms with Crippen molar-refractivity contribution in [2.75, 3.05) is 13.7 Å². The molecule has 1 aromatic heterocycles. The van der Waals surface area contributed by atoms with E-state index in [1.807, 2.05) is 48.5 Å². The van der Waals surface area contributed by atoms with Crippen LogP contribution in [0.3, 0.4) is 0 Å². The van der Waals surface area contributed by atoms with Crippen LogP contribution < -0.4 is 9.47 Å². The number of para-hydroxylation sites is 1. The van der Waals surface area contributed by atoms with E-state index in [4.69, 9.17) is 9.47 Å². The minimum absolute atomic E-state index is 0.533. The van der Waals surface area contributed by atoms with Gasteiger partial charge in [0.05, 0.1) is 29.5 Å². The predicted octanol–water partition coefficient (Wildman–Crippen LogP) is 5.16. The molecule has 0 unspecified atom stereocenters. The van der Waals surface area contributed by atoms with Crippen LogP contribution in [0.15, 0.2) is 42.5 Å². The Kier molecular flexibility index (Phi) is 5.32. The van der Waals surface area contributed by atoms with E-state index in [-0.39, 0.29) is 0 Å². The van der Waals surface area contributed by atoms with E-state index in [2.05, 4.69) is 18.0 Å². The van der Waals surface area contributed by atoms with Gasteiger partial charge in [0, 0.05) is 0 Å². The monoisotopic (exact) mass is 350 g/mol. The SMILES string of the molecule is CCCOc1ccc(/C=C(\C#N)c2nc3ccccc3s2)cc1OC. The molecular weight excluding hydrogens is 332 g/mol. The fourth-order valence-electron chi connectivity index (χ4n) is 2.40. The van der Waals surface area contributed by atoms with Gasteiger partial charge in [-0.3, -0.25) is 0 Å². The number of allylic oxidation sites excluding steroid dienone is 1. The van der Waals surface area contributed by atoms with E-state index in [1.54, 1.807) is 7.11 Å².